The topological polar surface area (TPSA) is 111 Å². The number of aromatic amines is 1. The summed E-state index contributed by atoms with van der Waals surface area (Å²) in [6.07, 6.45) is 0. The lowest BCUT2D eigenvalue weighted by Crippen LogP contribution is -2.26. The molecule has 0 saturated heterocycles. The molecular formula is C19H18N4O3. The molecule has 3 aromatic rings. The van der Waals surface area contributed by atoms with Crippen molar-refractivity contribution >= 4 is 5.91 Å². The van der Waals surface area contributed by atoms with E-state index in [1.54, 1.807) is 6.07 Å². The average molecular weight is 350 g/mol. The van der Waals surface area contributed by atoms with Gasteiger partial charge in [-0.3, -0.25) is 14.4 Å². The van der Waals surface area contributed by atoms with Crippen molar-refractivity contribution in [3.05, 3.63) is 74.8 Å². The van der Waals surface area contributed by atoms with Crippen molar-refractivity contribution in [2.24, 2.45) is 5.73 Å². The second kappa shape index (κ2) is 6.79. The van der Waals surface area contributed by atoms with Gasteiger partial charge in [0.1, 0.15) is 5.56 Å². The van der Waals surface area contributed by atoms with E-state index in [0.29, 0.717) is 17.0 Å². The molecule has 3 rings (SSSR count). The maximum Gasteiger partial charge on any atom is 0.267 e. The Balaban J connectivity index is 2.33. The number of nitrogens with zero attached hydrogens (tertiary/aromatic N) is 2. The van der Waals surface area contributed by atoms with Crippen LogP contribution in [0.4, 0.5) is 0 Å². The van der Waals surface area contributed by atoms with Crippen LogP contribution in [0.3, 0.4) is 0 Å². The van der Waals surface area contributed by atoms with Gasteiger partial charge in [0.2, 0.25) is 0 Å². The molecule has 3 N–H and O–H groups in total. The second-order valence-electron chi connectivity index (χ2n) is 6.13. The molecule has 2 heterocycles. The molecule has 0 spiro atoms. The molecule has 0 radical (unpaired) electrons. The number of aromatic nitrogens is 3. The van der Waals surface area contributed by atoms with E-state index in [2.05, 4.69) is 10.1 Å². The number of nitrogens with one attached hydrogen (secondary N) is 1. The summed E-state index contributed by atoms with van der Waals surface area (Å²) in [7, 11) is 0. The Morgan fingerprint density at radius 3 is 2.42 bits per heavy atom. The minimum absolute atomic E-state index is 0.138. The third kappa shape index (κ3) is 3.19. The van der Waals surface area contributed by atoms with Crippen LogP contribution in [0.2, 0.25) is 0 Å². The average Bonchev–Trinajstić information content (AvgIpc) is 2.62. The van der Waals surface area contributed by atoms with Crippen LogP contribution in [0.5, 0.6) is 0 Å². The van der Waals surface area contributed by atoms with E-state index >= 15 is 0 Å². The monoisotopic (exact) mass is 350 g/mol. The van der Waals surface area contributed by atoms with Gasteiger partial charge in [-0.05, 0) is 31.5 Å². The summed E-state index contributed by atoms with van der Waals surface area (Å²) in [5, 5.41) is 4.39. The lowest BCUT2D eigenvalue weighted by atomic mass is 10.0. The van der Waals surface area contributed by atoms with Crippen molar-refractivity contribution in [1.82, 2.24) is 14.8 Å². The Labute approximate surface area is 149 Å². The van der Waals surface area contributed by atoms with Crippen molar-refractivity contribution in [3.8, 4) is 22.5 Å². The second-order valence-corrected chi connectivity index (χ2v) is 6.13. The summed E-state index contributed by atoms with van der Waals surface area (Å²) in [6.45, 7) is 3.69. The number of carbonyl (C=O) groups is 1. The first kappa shape index (κ1) is 17.3. The Kier molecular flexibility index (Phi) is 4.53. The van der Waals surface area contributed by atoms with E-state index in [0.717, 1.165) is 5.56 Å². The number of nitrogens with two attached hydrogens (primary N) is 1. The van der Waals surface area contributed by atoms with Gasteiger partial charge in [-0.15, -0.1) is 0 Å². The molecule has 26 heavy (non-hydrogen) atoms. The molecular weight excluding hydrogens is 332 g/mol. The van der Waals surface area contributed by atoms with Gasteiger partial charge < -0.3 is 10.7 Å². The first-order valence-corrected chi connectivity index (χ1v) is 8.11. The van der Waals surface area contributed by atoms with E-state index in [1.165, 1.54) is 16.8 Å². The highest BCUT2D eigenvalue weighted by molar-refractivity contribution is 5.95. The summed E-state index contributed by atoms with van der Waals surface area (Å²) < 4.78 is 1.35. The Morgan fingerprint density at radius 1 is 1.12 bits per heavy atom. The molecule has 7 nitrogen and oxygen atoms in total. The Hall–Kier alpha value is -3.48. The standard InChI is InChI=1S/C19H18N4O3/c1-11(2)23-16(24)9-8-15(22-23)13-10-14(18(20)25)19(26)21-17(13)12-6-4-3-5-7-12/h3-11H,1-2H3,(H2,20,25)(H,21,26). The van der Waals surface area contributed by atoms with Gasteiger partial charge in [-0.25, -0.2) is 4.68 Å². The van der Waals surface area contributed by atoms with Crippen molar-refractivity contribution < 1.29 is 4.79 Å². The molecule has 0 bridgehead atoms. The zero-order valence-electron chi connectivity index (χ0n) is 14.4. The van der Waals surface area contributed by atoms with Crippen LogP contribution < -0.4 is 16.9 Å². The van der Waals surface area contributed by atoms with Crippen LogP contribution in [0, 0.1) is 0 Å². The number of carbonyl (C=O) groups excluding carboxylic acids is 1. The first-order valence-electron chi connectivity index (χ1n) is 8.11. The van der Waals surface area contributed by atoms with E-state index < -0.39 is 11.5 Å². The highest BCUT2D eigenvalue weighted by Gasteiger charge is 2.17. The lowest BCUT2D eigenvalue weighted by Gasteiger charge is -2.13. The van der Waals surface area contributed by atoms with Crippen LogP contribution in [-0.2, 0) is 0 Å². The van der Waals surface area contributed by atoms with Gasteiger partial charge in [0.15, 0.2) is 0 Å². The highest BCUT2D eigenvalue weighted by Crippen LogP contribution is 2.28. The van der Waals surface area contributed by atoms with Crippen molar-refractivity contribution in [1.29, 1.82) is 0 Å². The van der Waals surface area contributed by atoms with Gasteiger partial charge >= 0.3 is 0 Å². The maximum atomic E-state index is 12.2. The van der Waals surface area contributed by atoms with Crippen LogP contribution in [0.15, 0.2) is 58.1 Å². The highest BCUT2D eigenvalue weighted by atomic mass is 16.2. The Bertz CT molecular complexity index is 1080. The smallest absolute Gasteiger partial charge is 0.267 e. The largest absolute Gasteiger partial charge is 0.365 e. The predicted octanol–water partition coefficient (Wildman–Crippen LogP) is 1.95. The summed E-state index contributed by atoms with van der Waals surface area (Å²) >= 11 is 0. The molecule has 0 fully saturated rings. The van der Waals surface area contributed by atoms with Gasteiger partial charge in [0.25, 0.3) is 17.0 Å². The van der Waals surface area contributed by atoms with Crippen molar-refractivity contribution in [2.75, 3.05) is 0 Å². The predicted molar refractivity (Wildman–Crippen MR) is 98.9 cm³/mol. The quantitative estimate of drug-likeness (QED) is 0.749. The number of rotatable bonds is 4. The zero-order chi connectivity index (χ0) is 18.8. The van der Waals surface area contributed by atoms with Crippen molar-refractivity contribution in [3.63, 3.8) is 0 Å². The van der Waals surface area contributed by atoms with Gasteiger partial charge in [0, 0.05) is 11.6 Å². The zero-order valence-corrected chi connectivity index (χ0v) is 14.4. The van der Waals surface area contributed by atoms with E-state index in [4.69, 9.17) is 5.73 Å². The fraction of sp³-hybridized carbons (Fsp3) is 0.158. The molecule has 1 amide bonds. The van der Waals surface area contributed by atoms with Gasteiger partial charge in [0.05, 0.1) is 17.4 Å². The Morgan fingerprint density at radius 2 is 1.81 bits per heavy atom. The maximum absolute atomic E-state index is 12.2. The molecule has 132 valence electrons. The number of pyridine rings is 1. The molecule has 0 aliphatic rings. The molecule has 0 unspecified atom stereocenters. The molecule has 1 aromatic carbocycles. The molecule has 0 saturated carbocycles. The number of benzene rings is 1. The van der Waals surface area contributed by atoms with Crippen LogP contribution in [-0.4, -0.2) is 20.7 Å². The molecule has 0 aliphatic carbocycles. The minimum Gasteiger partial charge on any atom is -0.365 e. The third-order valence-corrected chi connectivity index (χ3v) is 3.96. The number of hydrogen-bond acceptors (Lipinski definition) is 4. The SMILES string of the molecule is CC(C)n1nc(-c2cc(C(N)=O)c(=O)[nH]c2-c2ccccc2)ccc1=O. The number of primary amides is 1. The summed E-state index contributed by atoms with van der Waals surface area (Å²) in [4.78, 5) is 38.6. The molecule has 7 heteroatoms. The normalized spacial score (nSPS) is 10.9. The number of hydrogen-bond donors (Lipinski definition) is 2. The third-order valence-electron chi connectivity index (χ3n) is 3.96. The first-order chi connectivity index (χ1) is 12.4. The summed E-state index contributed by atoms with van der Waals surface area (Å²) in [5.41, 5.74) is 6.57. The van der Waals surface area contributed by atoms with Gasteiger partial charge in [-0.2, -0.15) is 5.10 Å². The van der Waals surface area contributed by atoms with E-state index in [9.17, 15) is 14.4 Å². The van der Waals surface area contributed by atoms with E-state index in [1.807, 2.05) is 44.2 Å². The fourth-order valence-electron chi connectivity index (χ4n) is 2.69. The molecule has 2 aromatic heterocycles. The van der Waals surface area contributed by atoms with Crippen LogP contribution in [0.25, 0.3) is 22.5 Å². The minimum atomic E-state index is -0.829. The van der Waals surface area contributed by atoms with Gasteiger partial charge in [-0.1, -0.05) is 30.3 Å². The van der Waals surface area contributed by atoms with Crippen molar-refractivity contribution in [2.45, 2.75) is 19.9 Å². The van der Waals surface area contributed by atoms with E-state index in [-0.39, 0.29) is 17.2 Å². The number of amides is 1. The van der Waals surface area contributed by atoms with Crippen LogP contribution >= 0.6 is 0 Å². The molecule has 0 aliphatic heterocycles. The summed E-state index contributed by atoms with van der Waals surface area (Å²) in [6, 6.07) is 13.4. The fourth-order valence-corrected chi connectivity index (χ4v) is 2.69. The summed E-state index contributed by atoms with van der Waals surface area (Å²) in [5.74, 6) is -0.829. The number of H-pyrrole nitrogens is 1. The lowest BCUT2D eigenvalue weighted by molar-refractivity contribution is 0.0999. The molecule has 0 atom stereocenters. The van der Waals surface area contributed by atoms with Crippen LogP contribution in [0.1, 0.15) is 30.2 Å².